The Balaban J connectivity index is 2.78. The van der Waals surface area contributed by atoms with E-state index in [-0.39, 0.29) is 0 Å². The molecule has 0 unspecified atom stereocenters. The van der Waals surface area contributed by atoms with Gasteiger partial charge >= 0.3 is 0 Å². The van der Waals surface area contributed by atoms with Gasteiger partial charge in [0.1, 0.15) is 5.75 Å². The van der Waals surface area contributed by atoms with Crippen LogP contribution in [0.15, 0.2) is 12.1 Å². The molecule has 0 spiro atoms. The summed E-state index contributed by atoms with van der Waals surface area (Å²) >= 11 is 0. The average Bonchev–Trinajstić information content (AvgIpc) is 2.47. The monoisotopic (exact) mass is 282 g/mol. The summed E-state index contributed by atoms with van der Waals surface area (Å²) in [6.07, 6.45) is 4.49. The summed E-state index contributed by atoms with van der Waals surface area (Å²) < 4.78 is 21.0. The summed E-state index contributed by atoms with van der Waals surface area (Å²) in [6, 6.07) is 3.19. The molecule has 5 heteroatoms. The largest absolute Gasteiger partial charge is 0.493 e. The molecule has 0 atom stereocenters. The fourth-order valence-corrected chi connectivity index (χ4v) is 1.82. The Kier molecular flexibility index (Phi) is 7.32. The van der Waals surface area contributed by atoms with Gasteiger partial charge in [-0.25, -0.2) is 0 Å². The summed E-state index contributed by atoms with van der Waals surface area (Å²) in [4.78, 5) is 10.4. The maximum Gasteiger partial charge on any atom is 0.298 e. The fraction of sp³-hybridized carbons (Fsp3) is 0.533. The molecule has 0 aliphatic carbocycles. The molecular formula is C15H22O5. The number of rotatable bonds is 10. The van der Waals surface area contributed by atoms with E-state index in [1.54, 1.807) is 12.1 Å². The molecule has 20 heavy (non-hydrogen) atoms. The predicted octanol–water partition coefficient (Wildman–Crippen LogP) is 3.20. The number of hydrogen-bond donors (Lipinski definition) is 0. The summed E-state index contributed by atoms with van der Waals surface area (Å²) in [5.41, 5.74) is 0. The number of carbonyl (C=O) groups excluding carboxylic acids is 1. The Labute approximate surface area is 119 Å². The summed E-state index contributed by atoms with van der Waals surface area (Å²) in [7, 11) is 3.06. The number of methoxy groups -OCH3 is 2. The second-order valence-corrected chi connectivity index (χ2v) is 4.28. The third kappa shape index (κ3) is 4.64. The Bertz CT molecular complexity index is 392. The molecule has 1 rings (SSSR count). The predicted molar refractivity (Wildman–Crippen MR) is 75.9 cm³/mol. The zero-order valence-corrected chi connectivity index (χ0v) is 12.3. The molecule has 112 valence electrons. The van der Waals surface area contributed by atoms with Gasteiger partial charge in [-0.05, 0) is 6.42 Å². The van der Waals surface area contributed by atoms with E-state index in [4.69, 9.17) is 18.9 Å². The number of unbranched alkanes of at least 4 members (excludes halogenated alkanes) is 3. The summed E-state index contributed by atoms with van der Waals surface area (Å²) in [5, 5.41) is 0. The molecule has 0 saturated carbocycles. The van der Waals surface area contributed by atoms with E-state index in [0.29, 0.717) is 36.1 Å². The maximum absolute atomic E-state index is 10.4. The fourth-order valence-electron chi connectivity index (χ4n) is 1.82. The van der Waals surface area contributed by atoms with Crippen molar-refractivity contribution in [1.29, 1.82) is 0 Å². The van der Waals surface area contributed by atoms with Crippen LogP contribution in [0, 0.1) is 0 Å². The molecule has 5 nitrogen and oxygen atoms in total. The van der Waals surface area contributed by atoms with Gasteiger partial charge in [-0.15, -0.1) is 0 Å². The van der Waals surface area contributed by atoms with Gasteiger partial charge in [0.2, 0.25) is 5.75 Å². The topological polar surface area (TPSA) is 54.0 Å². The molecule has 0 heterocycles. The Hall–Kier alpha value is -1.91. The molecule has 0 bridgehead atoms. The van der Waals surface area contributed by atoms with Crippen LogP contribution in [-0.4, -0.2) is 27.3 Å². The highest BCUT2D eigenvalue weighted by molar-refractivity contribution is 5.58. The van der Waals surface area contributed by atoms with Crippen molar-refractivity contribution < 1.29 is 23.7 Å². The number of benzene rings is 1. The lowest BCUT2D eigenvalue weighted by molar-refractivity contribution is -0.120. The standard InChI is InChI=1S/C15H22O5/c1-4-5-6-7-8-19-15-13(17-2)9-12(20-11-16)10-14(15)18-3/h9-11H,4-8H2,1-3H3. The van der Waals surface area contributed by atoms with Crippen molar-refractivity contribution in [1.82, 2.24) is 0 Å². The second kappa shape index (κ2) is 9.07. The third-order valence-electron chi connectivity index (χ3n) is 2.86. The highest BCUT2D eigenvalue weighted by Crippen LogP contribution is 2.41. The molecule has 0 fully saturated rings. The molecule has 0 N–H and O–H groups in total. The minimum absolute atomic E-state index is 0.354. The van der Waals surface area contributed by atoms with Gasteiger partial charge in [-0.1, -0.05) is 26.2 Å². The van der Waals surface area contributed by atoms with Crippen LogP contribution in [0.2, 0.25) is 0 Å². The van der Waals surface area contributed by atoms with Crippen molar-refractivity contribution in [3.8, 4) is 23.0 Å². The van der Waals surface area contributed by atoms with Crippen LogP contribution in [0.1, 0.15) is 32.6 Å². The zero-order valence-electron chi connectivity index (χ0n) is 12.3. The van der Waals surface area contributed by atoms with E-state index in [0.717, 1.165) is 12.8 Å². The van der Waals surface area contributed by atoms with E-state index >= 15 is 0 Å². The van der Waals surface area contributed by atoms with E-state index < -0.39 is 0 Å². The number of hydrogen-bond acceptors (Lipinski definition) is 5. The molecule has 1 aromatic rings. The molecule has 0 amide bonds. The van der Waals surface area contributed by atoms with Crippen LogP contribution in [0.5, 0.6) is 23.0 Å². The van der Waals surface area contributed by atoms with Crippen LogP contribution in [0.3, 0.4) is 0 Å². The first-order valence-corrected chi connectivity index (χ1v) is 6.75. The molecule has 0 aliphatic heterocycles. The lowest BCUT2D eigenvalue weighted by atomic mass is 10.2. The second-order valence-electron chi connectivity index (χ2n) is 4.28. The average molecular weight is 282 g/mol. The lowest BCUT2D eigenvalue weighted by Crippen LogP contribution is -2.02. The Morgan fingerprint density at radius 3 is 2.20 bits per heavy atom. The molecule has 1 aromatic carbocycles. The molecule has 0 saturated heterocycles. The van der Waals surface area contributed by atoms with Gasteiger partial charge < -0.3 is 18.9 Å². The van der Waals surface area contributed by atoms with Crippen molar-refractivity contribution in [2.75, 3.05) is 20.8 Å². The lowest BCUT2D eigenvalue weighted by Gasteiger charge is -2.15. The van der Waals surface area contributed by atoms with Gasteiger partial charge in [-0.3, -0.25) is 4.79 Å². The molecule has 0 aliphatic rings. The highest BCUT2D eigenvalue weighted by atomic mass is 16.5. The van der Waals surface area contributed by atoms with Crippen LogP contribution in [-0.2, 0) is 4.79 Å². The van der Waals surface area contributed by atoms with Crippen LogP contribution in [0.4, 0.5) is 0 Å². The Morgan fingerprint density at radius 1 is 1.05 bits per heavy atom. The van der Waals surface area contributed by atoms with Gasteiger partial charge in [0.25, 0.3) is 6.47 Å². The van der Waals surface area contributed by atoms with E-state index in [9.17, 15) is 4.79 Å². The van der Waals surface area contributed by atoms with Gasteiger partial charge in [0.05, 0.1) is 20.8 Å². The van der Waals surface area contributed by atoms with Crippen molar-refractivity contribution in [2.24, 2.45) is 0 Å². The number of carbonyl (C=O) groups is 1. The van der Waals surface area contributed by atoms with Crippen molar-refractivity contribution in [3.05, 3.63) is 12.1 Å². The van der Waals surface area contributed by atoms with Crippen molar-refractivity contribution >= 4 is 6.47 Å². The molecular weight excluding hydrogens is 260 g/mol. The molecule has 0 radical (unpaired) electrons. The first-order valence-electron chi connectivity index (χ1n) is 6.75. The SMILES string of the molecule is CCCCCCOc1c(OC)cc(OC=O)cc1OC. The van der Waals surface area contributed by atoms with Gasteiger partial charge in [0, 0.05) is 12.1 Å². The summed E-state index contributed by atoms with van der Waals surface area (Å²) in [6.45, 7) is 3.12. The number of ether oxygens (including phenoxy) is 4. The van der Waals surface area contributed by atoms with Crippen LogP contribution in [0.25, 0.3) is 0 Å². The van der Waals surface area contributed by atoms with Crippen molar-refractivity contribution in [2.45, 2.75) is 32.6 Å². The zero-order chi connectivity index (χ0) is 14.8. The first kappa shape index (κ1) is 16.1. The normalized spacial score (nSPS) is 9.95. The first-order chi connectivity index (χ1) is 9.76. The van der Waals surface area contributed by atoms with Gasteiger partial charge in [-0.2, -0.15) is 0 Å². The van der Waals surface area contributed by atoms with E-state index in [2.05, 4.69) is 6.92 Å². The summed E-state index contributed by atoms with van der Waals surface area (Å²) in [5.74, 6) is 1.85. The van der Waals surface area contributed by atoms with Crippen LogP contribution >= 0.6 is 0 Å². The van der Waals surface area contributed by atoms with Crippen LogP contribution < -0.4 is 18.9 Å². The molecule has 0 aromatic heterocycles. The minimum Gasteiger partial charge on any atom is -0.493 e. The Morgan fingerprint density at radius 2 is 1.70 bits per heavy atom. The van der Waals surface area contributed by atoms with E-state index in [1.165, 1.54) is 27.1 Å². The van der Waals surface area contributed by atoms with Crippen molar-refractivity contribution in [3.63, 3.8) is 0 Å². The smallest absolute Gasteiger partial charge is 0.298 e. The van der Waals surface area contributed by atoms with Gasteiger partial charge in [0.15, 0.2) is 11.5 Å². The van der Waals surface area contributed by atoms with E-state index in [1.807, 2.05) is 0 Å². The quantitative estimate of drug-likeness (QED) is 0.487. The third-order valence-corrected chi connectivity index (χ3v) is 2.86. The minimum atomic E-state index is 0.354. The highest BCUT2D eigenvalue weighted by Gasteiger charge is 2.14. The maximum atomic E-state index is 10.4.